The first kappa shape index (κ1) is 17.7. The lowest BCUT2D eigenvalue weighted by Gasteiger charge is -2.23. The Morgan fingerprint density at radius 2 is 2.40 bits per heavy atom. The summed E-state index contributed by atoms with van der Waals surface area (Å²) < 4.78 is 7.64. The van der Waals surface area contributed by atoms with Crippen molar-refractivity contribution in [1.29, 1.82) is 0 Å². The Morgan fingerprint density at radius 3 is 3.16 bits per heavy atom. The van der Waals surface area contributed by atoms with Gasteiger partial charge in [-0.2, -0.15) is 5.10 Å². The lowest BCUT2D eigenvalue weighted by molar-refractivity contribution is -0.129. The highest BCUT2D eigenvalue weighted by molar-refractivity contribution is 7.99. The van der Waals surface area contributed by atoms with E-state index in [-0.39, 0.29) is 23.3 Å². The molecule has 3 heterocycles. The Morgan fingerprint density at radius 1 is 1.52 bits per heavy atom. The fraction of sp³-hybridized carbons (Fsp3) is 0.500. The van der Waals surface area contributed by atoms with E-state index in [0.29, 0.717) is 37.1 Å². The summed E-state index contributed by atoms with van der Waals surface area (Å²) in [6, 6.07) is 3.30. The van der Waals surface area contributed by atoms with Gasteiger partial charge < -0.3 is 14.6 Å². The van der Waals surface area contributed by atoms with Crippen molar-refractivity contribution in [1.82, 2.24) is 24.6 Å². The molecule has 1 aliphatic rings. The van der Waals surface area contributed by atoms with Crippen LogP contribution in [0.15, 0.2) is 34.5 Å². The van der Waals surface area contributed by atoms with Gasteiger partial charge in [0.1, 0.15) is 0 Å². The summed E-state index contributed by atoms with van der Waals surface area (Å²) in [5, 5.41) is 4.66. The van der Waals surface area contributed by atoms with Crippen LogP contribution in [0, 0.1) is 6.92 Å². The SMILES string of the molecule is Cc1cc(=O)[nH]c(SCC(=O)N2CCCO[C@@H](Cn3cccn3)C2)n1. The zero-order chi connectivity index (χ0) is 17.6. The van der Waals surface area contributed by atoms with Gasteiger partial charge >= 0.3 is 0 Å². The van der Waals surface area contributed by atoms with Gasteiger partial charge in [0.2, 0.25) is 5.91 Å². The predicted octanol–water partition coefficient (Wildman–Crippen LogP) is 0.685. The van der Waals surface area contributed by atoms with Crippen LogP contribution in [0.5, 0.6) is 0 Å². The Hall–Kier alpha value is -2.13. The van der Waals surface area contributed by atoms with Crippen LogP contribution >= 0.6 is 11.8 Å². The predicted molar refractivity (Wildman–Crippen MR) is 93.5 cm³/mol. The van der Waals surface area contributed by atoms with Gasteiger partial charge in [-0.1, -0.05) is 11.8 Å². The summed E-state index contributed by atoms with van der Waals surface area (Å²) in [5.41, 5.74) is 0.436. The largest absolute Gasteiger partial charge is 0.374 e. The number of aryl methyl sites for hydroxylation is 1. The van der Waals surface area contributed by atoms with Gasteiger partial charge in [0.05, 0.1) is 18.4 Å². The molecule has 8 nitrogen and oxygen atoms in total. The number of carbonyl (C=O) groups excluding carboxylic acids is 1. The van der Waals surface area contributed by atoms with E-state index in [9.17, 15) is 9.59 Å². The van der Waals surface area contributed by atoms with Gasteiger partial charge in [-0.3, -0.25) is 14.3 Å². The molecule has 1 N–H and O–H groups in total. The number of amides is 1. The van der Waals surface area contributed by atoms with Gasteiger partial charge in [0.15, 0.2) is 5.16 Å². The fourth-order valence-corrected chi connectivity index (χ4v) is 3.51. The number of thioether (sulfide) groups is 1. The van der Waals surface area contributed by atoms with Crippen molar-refractivity contribution >= 4 is 17.7 Å². The van der Waals surface area contributed by atoms with E-state index >= 15 is 0 Å². The summed E-state index contributed by atoms with van der Waals surface area (Å²) in [7, 11) is 0. The van der Waals surface area contributed by atoms with Crippen LogP contribution in [0.2, 0.25) is 0 Å². The number of H-pyrrole nitrogens is 1. The molecule has 134 valence electrons. The van der Waals surface area contributed by atoms with Crippen molar-refractivity contribution in [3.63, 3.8) is 0 Å². The highest BCUT2D eigenvalue weighted by atomic mass is 32.2. The number of hydrogen-bond acceptors (Lipinski definition) is 6. The van der Waals surface area contributed by atoms with Gasteiger partial charge in [-0.15, -0.1) is 0 Å². The average molecular weight is 363 g/mol. The number of hydrogen-bond donors (Lipinski definition) is 1. The second-order valence-electron chi connectivity index (χ2n) is 5.89. The number of nitrogens with zero attached hydrogens (tertiary/aromatic N) is 4. The Kier molecular flexibility index (Phi) is 5.87. The molecule has 2 aromatic rings. The monoisotopic (exact) mass is 363 g/mol. The molecule has 0 unspecified atom stereocenters. The van der Waals surface area contributed by atoms with Crippen molar-refractivity contribution in [2.45, 2.75) is 31.1 Å². The van der Waals surface area contributed by atoms with Crippen LogP contribution in [-0.4, -0.2) is 62.1 Å². The molecule has 1 fully saturated rings. The van der Waals surface area contributed by atoms with E-state index < -0.39 is 0 Å². The van der Waals surface area contributed by atoms with E-state index in [1.165, 1.54) is 17.8 Å². The van der Waals surface area contributed by atoms with Gasteiger partial charge in [0, 0.05) is 43.9 Å². The minimum atomic E-state index is -0.204. The number of ether oxygens (including phenoxy) is 1. The number of carbonyl (C=O) groups is 1. The maximum atomic E-state index is 12.5. The van der Waals surface area contributed by atoms with Crippen LogP contribution in [0.4, 0.5) is 0 Å². The van der Waals surface area contributed by atoms with Gasteiger partial charge in [0.25, 0.3) is 5.56 Å². The number of nitrogens with one attached hydrogen (secondary N) is 1. The van der Waals surface area contributed by atoms with Crippen molar-refractivity contribution < 1.29 is 9.53 Å². The highest BCUT2D eigenvalue weighted by Crippen LogP contribution is 2.14. The first-order valence-electron chi connectivity index (χ1n) is 8.18. The van der Waals surface area contributed by atoms with Gasteiger partial charge in [-0.25, -0.2) is 4.98 Å². The smallest absolute Gasteiger partial charge is 0.251 e. The normalized spacial score (nSPS) is 18.1. The molecule has 1 saturated heterocycles. The van der Waals surface area contributed by atoms with Crippen LogP contribution < -0.4 is 5.56 Å². The molecule has 0 aliphatic carbocycles. The van der Waals surface area contributed by atoms with E-state index in [1.807, 2.05) is 21.8 Å². The maximum Gasteiger partial charge on any atom is 0.251 e. The van der Waals surface area contributed by atoms with E-state index in [0.717, 1.165) is 6.42 Å². The third kappa shape index (κ3) is 5.17. The summed E-state index contributed by atoms with van der Waals surface area (Å²) in [6.07, 6.45) is 4.35. The van der Waals surface area contributed by atoms with E-state index in [1.54, 1.807) is 13.1 Å². The van der Waals surface area contributed by atoms with E-state index in [2.05, 4.69) is 15.1 Å². The molecule has 1 amide bonds. The molecule has 9 heteroatoms. The quantitative estimate of drug-likeness (QED) is 0.620. The molecule has 0 aromatic carbocycles. The van der Waals surface area contributed by atoms with Crippen LogP contribution in [0.25, 0.3) is 0 Å². The third-order valence-corrected chi connectivity index (χ3v) is 4.69. The van der Waals surface area contributed by atoms with Crippen LogP contribution in [-0.2, 0) is 16.1 Å². The molecule has 1 aliphatic heterocycles. The van der Waals surface area contributed by atoms with E-state index in [4.69, 9.17) is 4.74 Å². The van der Waals surface area contributed by atoms with Crippen molar-refractivity contribution in [2.24, 2.45) is 0 Å². The highest BCUT2D eigenvalue weighted by Gasteiger charge is 2.23. The lowest BCUT2D eigenvalue weighted by Crippen LogP contribution is -2.39. The molecule has 3 rings (SSSR count). The lowest BCUT2D eigenvalue weighted by atomic mass is 10.3. The summed E-state index contributed by atoms with van der Waals surface area (Å²) >= 11 is 1.25. The Bertz CT molecular complexity index is 761. The molecule has 2 aromatic heterocycles. The topological polar surface area (TPSA) is 93.1 Å². The number of aromatic amines is 1. The molecular formula is C16H21N5O3S. The van der Waals surface area contributed by atoms with Gasteiger partial charge in [-0.05, 0) is 19.4 Å². The summed E-state index contributed by atoms with van der Waals surface area (Å²) in [4.78, 5) is 32.7. The average Bonchev–Trinajstić information content (AvgIpc) is 2.96. The summed E-state index contributed by atoms with van der Waals surface area (Å²) in [5.74, 6) is 0.256. The second kappa shape index (κ2) is 8.30. The first-order chi connectivity index (χ1) is 12.1. The molecule has 0 radical (unpaired) electrons. The minimum Gasteiger partial charge on any atom is -0.374 e. The zero-order valence-corrected chi connectivity index (χ0v) is 14.9. The molecule has 1 atom stereocenters. The molecule has 0 saturated carbocycles. The second-order valence-corrected chi connectivity index (χ2v) is 6.86. The maximum absolute atomic E-state index is 12.5. The van der Waals surface area contributed by atoms with Crippen molar-refractivity contribution in [2.75, 3.05) is 25.4 Å². The third-order valence-electron chi connectivity index (χ3n) is 3.83. The molecule has 0 spiro atoms. The number of aromatic nitrogens is 4. The molecule has 25 heavy (non-hydrogen) atoms. The standard InChI is InChI=1S/C16H21N5O3S/c1-12-8-14(22)19-16(18-12)25-11-15(23)20-5-3-7-24-13(9-20)10-21-6-2-4-17-21/h2,4,6,8,13H,3,5,7,9-11H2,1H3,(H,18,19,22)/t13-/m1/s1. The molecular weight excluding hydrogens is 342 g/mol. The minimum absolute atomic E-state index is 0.0186. The van der Waals surface area contributed by atoms with Crippen molar-refractivity contribution in [3.8, 4) is 0 Å². The fourth-order valence-electron chi connectivity index (χ4n) is 2.69. The molecule has 0 bridgehead atoms. The number of rotatable bonds is 5. The summed E-state index contributed by atoms with van der Waals surface area (Å²) in [6.45, 7) is 4.23. The van der Waals surface area contributed by atoms with Crippen molar-refractivity contribution in [3.05, 3.63) is 40.6 Å². The first-order valence-corrected chi connectivity index (χ1v) is 9.16. The Balaban J connectivity index is 1.57. The van der Waals surface area contributed by atoms with Crippen LogP contribution in [0.3, 0.4) is 0 Å². The van der Waals surface area contributed by atoms with Crippen LogP contribution in [0.1, 0.15) is 12.1 Å². The Labute approximate surface area is 149 Å². The zero-order valence-electron chi connectivity index (χ0n) is 14.1.